The number of halogens is 2. The number of nitrogens with zero attached hydrogens (tertiary/aromatic N) is 3. The van der Waals surface area contributed by atoms with Crippen LogP contribution in [0.15, 0.2) is 40.5 Å². The molecule has 0 atom stereocenters. The summed E-state index contributed by atoms with van der Waals surface area (Å²) in [5.74, 6) is 2.31. The second-order valence-corrected chi connectivity index (χ2v) is 5.88. The topological polar surface area (TPSA) is 50.2 Å². The Hall–Kier alpha value is -1.30. The number of hydrogen-bond acceptors (Lipinski definition) is 5. The lowest BCUT2D eigenvalue weighted by Gasteiger charge is -2.16. The number of thioether (sulfide) groups is 1. The molecular weight excluding hydrogens is 315 g/mol. The van der Waals surface area contributed by atoms with Crippen LogP contribution in [0.1, 0.15) is 5.69 Å². The Morgan fingerprint density at radius 3 is 2.95 bits per heavy atom. The first-order valence-electron chi connectivity index (χ1n) is 5.91. The summed E-state index contributed by atoms with van der Waals surface area (Å²) in [6.45, 7) is 0.551. The molecule has 1 aliphatic heterocycles. The van der Waals surface area contributed by atoms with Gasteiger partial charge in [-0.1, -0.05) is 29.3 Å². The molecule has 0 saturated heterocycles. The Labute approximate surface area is 130 Å². The number of aliphatic imine (C=N–C) groups is 1. The van der Waals surface area contributed by atoms with Gasteiger partial charge in [-0.3, -0.25) is 9.98 Å². The lowest BCUT2D eigenvalue weighted by atomic mass is 10.3. The van der Waals surface area contributed by atoms with E-state index in [-0.39, 0.29) is 0 Å². The van der Waals surface area contributed by atoms with Crippen molar-refractivity contribution < 1.29 is 0 Å². The fourth-order valence-electron chi connectivity index (χ4n) is 1.76. The molecular formula is C13H10Cl2N4S. The van der Waals surface area contributed by atoms with Gasteiger partial charge in [-0.2, -0.15) is 0 Å². The predicted molar refractivity (Wildman–Crippen MR) is 84.0 cm³/mol. The van der Waals surface area contributed by atoms with E-state index in [0.717, 1.165) is 22.2 Å². The molecule has 2 heterocycles. The van der Waals surface area contributed by atoms with Crippen LogP contribution in [0.3, 0.4) is 0 Å². The van der Waals surface area contributed by atoms with E-state index in [9.17, 15) is 0 Å². The van der Waals surface area contributed by atoms with E-state index in [4.69, 9.17) is 23.2 Å². The maximum Gasteiger partial charge on any atom is 0.154 e. The minimum absolute atomic E-state index is 0.551. The summed E-state index contributed by atoms with van der Waals surface area (Å²) in [7, 11) is 0. The minimum Gasteiger partial charge on any atom is -0.326 e. The van der Waals surface area contributed by atoms with Gasteiger partial charge >= 0.3 is 0 Å². The molecule has 1 N–H and O–H groups in total. The van der Waals surface area contributed by atoms with E-state index in [2.05, 4.69) is 20.3 Å². The average molecular weight is 325 g/mol. The van der Waals surface area contributed by atoms with Crippen molar-refractivity contribution in [3.63, 3.8) is 0 Å². The molecule has 7 heteroatoms. The smallest absolute Gasteiger partial charge is 0.154 e. The molecule has 102 valence electrons. The third-order valence-corrected chi connectivity index (χ3v) is 4.74. The van der Waals surface area contributed by atoms with Crippen LogP contribution in [-0.2, 0) is 6.54 Å². The van der Waals surface area contributed by atoms with Crippen LogP contribution in [0.25, 0.3) is 0 Å². The van der Waals surface area contributed by atoms with E-state index < -0.39 is 0 Å². The van der Waals surface area contributed by atoms with Gasteiger partial charge in [0, 0.05) is 17.3 Å². The number of anilines is 1. The fraction of sp³-hybridized carbons (Fsp3) is 0.154. The molecule has 0 unspecified atom stereocenters. The van der Waals surface area contributed by atoms with E-state index >= 15 is 0 Å². The Kier molecular flexibility index (Phi) is 4.10. The van der Waals surface area contributed by atoms with Crippen molar-refractivity contribution in [2.45, 2.75) is 11.4 Å². The quantitative estimate of drug-likeness (QED) is 0.870. The van der Waals surface area contributed by atoms with Crippen LogP contribution in [0.4, 0.5) is 5.82 Å². The maximum absolute atomic E-state index is 6.16. The molecule has 0 saturated carbocycles. The zero-order chi connectivity index (χ0) is 13.9. The molecule has 4 nitrogen and oxygen atoms in total. The molecule has 0 fully saturated rings. The highest BCUT2D eigenvalue weighted by Crippen LogP contribution is 2.33. The molecule has 1 aromatic carbocycles. The first kappa shape index (κ1) is 13.7. The molecule has 0 aliphatic carbocycles. The number of nitrogens with one attached hydrogen (secondary N) is 1. The zero-order valence-electron chi connectivity index (χ0n) is 10.3. The largest absolute Gasteiger partial charge is 0.326 e. The summed E-state index contributed by atoms with van der Waals surface area (Å²) < 4.78 is 0. The van der Waals surface area contributed by atoms with Crippen LogP contribution < -0.4 is 5.32 Å². The second kappa shape index (κ2) is 5.99. The summed E-state index contributed by atoms with van der Waals surface area (Å²) in [5, 5.41) is 4.32. The first-order chi connectivity index (χ1) is 9.74. The lowest BCUT2D eigenvalue weighted by molar-refractivity contribution is 0.948. The molecule has 1 aromatic heterocycles. The van der Waals surface area contributed by atoms with Crippen LogP contribution in [0.5, 0.6) is 0 Å². The van der Waals surface area contributed by atoms with Gasteiger partial charge in [0.25, 0.3) is 0 Å². The molecule has 2 aromatic rings. The third-order valence-electron chi connectivity index (χ3n) is 2.74. The highest BCUT2D eigenvalue weighted by molar-refractivity contribution is 8.00. The predicted octanol–water partition coefficient (Wildman–Crippen LogP) is 3.90. The van der Waals surface area contributed by atoms with Crippen LogP contribution in [0, 0.1) is 0 Å². The van der Waals surface area contributed by atoms with Gasteiger partial charge in [0.15, 0.2) is 5.82 Å². The van der Waals surface area contributed by atoms with Crippen molar-refractivity contribution in [1.82, 2.24) is 9.97 Å². The molecule has 1 aliphatic rings. The number of amidine groups is 1. The highest BCUT2D eigenvalue weighted by atomic mass is 35.5. The summed E-state index contributed by atoms with van der Waals surface area (Å²) in [4.78, 5) is 13.8. The van der Waals surface area contributed by atoms with Crippen molar-refractivity contribution in [2.75, 3.05) is 11.1 Å². The van der Waals surface area contributed by atoms with Crippen molar-refractivity contribution in [3.8, 4) is 0 Å². The molecule has 0 bridgehead atoms. The second-order valence-electron chi connectivity index (χ2n) is 4.08. The summed E-state index contributed by atoms with van der Waals surface area (Å²) in [5.41, 5.74) is 0.863. The highest BCUT2D eigenvalue weighted by Gasteiger charge is 2.14. The molecule has 0 radical (unpaired) electrons. The molecule has 0 spiro atoms. The minimum atomic E-state index is 0.551. The summed E-state index contributed by atoms with van der Waals surface area (Å²) >= 11 is 13.7. The third kappa shape index (κ3) is 2.90. The maximum atomic E-state index is 6.16. The Morgan fingerprint density at radius 2 is 2.05 bits per heavy atom. The standard InChI is InChI=1S/C13H10Cl2N4S/c14-8-2-1-3-10(12(8)15)20-7-11-18-6-9-13(19-11)17-5-4-16-9/h1-5H,6-7H2,(H,17,18,19). The summed E-state index contributed by atoms with van der Waals surface area (Å²) in [6, 6.07) is 5.60. The van der Waals surface area contributed by atoms with Crippen LogP contribution in [0.2, 0.25) is 10.0 Å². The normalized spacial score (nSPS) is 13.4. The number of fused-ring (bicyclic) bond motifs is 1. The van der Waals surface area contributed by atoms with E-state index in [1.54, 1.807) is 30.2 Å². The average Bonchev–Trinajstić information content (AvgIpc) is 2.48. The number of hydrogen-bond donors (Lipinski definition) is 1. The van der Waals surface area contributed by atoms with Crippen molar-refractivity contribution >= 4 is 46.6 Å². The van der Waals surface area contributed by atoms with Gasteiger partial charge in [-0.15, -0.1) is 11.8 Å². The van der Waals surface area contributed by atoms with Gasteiger partial charge in [0.1, 0.15) is 11.5 Å². The lowest BCUT2D eigenvalue weighted by Crippen LogP contribution is -2.21. The monoisotopic (exact) mass is 324 g/mol. The molecule has 20 heavy (non-hydrogen) atoms. The van der Waals surface area contributed by atoms with E-state index in [0.29, 0.717) is 22.3 Å². The van der Waals surface area contributed by atoms with Gasteiger partial charge in [-0.05, 0) is 12.1 Å². The van der Waals surface area contributed by atoms with Crippen molar-refractivity contribution in [3.05, 3.63) is 46.3 Å². The Morgan fingerprint density at radius 1 is 1.20 bits per heavy atom. The number of benzene rings is 1. The van der Waals surface area contributed by atoms with Gasteiger partial charge in [0.2, 0.25) is 0 Å². The van der Waals surface area contributed by atoms with Crippen molar-refractivity contribution in [2.24, 2.45) is 4.99 Å². The van der Waals surface area contributed by atoms with Crippen LogP contribution >= 0.6 is 35.0 Å². The molecule has 3 rings (SSSR count). The Balaban J connectivity index is 1.68. The van der Waals surface area contributed by atoms with Gasteiger partial charge < -0.3 is 5.32 Å². The zero-order valence-corrected chi connectivity index (χ0v) is 12.6. The van der Waals surface area contributed by atoms with E-state index in [1.807, 2.05) is 12.1 Å². The SMILES string of the molecule is Clc1cccc(SCC2=NCc3nccnc3N2)c1Cl. The number of aromatic nitrogens is 2. The van der Waals surface area contributed by atoms with Crippen molar-refractivity contribution in [1.29, 1.82) is 0 Å². The first-order valence-corrected chi connectivity index (χ1v) is 7.65. The van der Waals surface area contributed by atoms with Crippen LogP contribution in [-0.4, -0.2) is 21.6 Å². The number of rotatable bonds is 3. The molecule has 0 amide bonds. The fourth-order valence-corrected chi connectivity index (χ4v) is 3.14. The van der Waals surface area contributed by atoms with E-state index in [1.165, 1.54) is 0 Å². The summed E-state index contributed by atoms with van der Waals surface area (Å²) in [6.07, 6.45) is 3.33. The van der Waals surface area contributed by atoms with Gasteiger partial charge in [-0.25, -0.2) is 4.98 Å². The van der Waals surface area contributed by atoms with Gasteiger partial charge in [0.05, 0.1) is 22.3 Å². The Bertz CT molecular complexity index is 675.